The third-order valence-corrected chi connectivity index (χ3v) is 8.37. The van der Waals surface area contributed by atoms with Crippen LogP contribution in [0.25, 0.3) is 6.08 Å². The minimum atomic E-state index is -0.686. The summed E-state index contributed by atoms with van der Waals surface area (Å²) >= 11 is 8.37. The standard InChI is InChI=1S/C30H25Br2N3O4S/c1-4-39-27-19(14-20(31)16-23(27)32)15-24-29(37)35-26(18-10-12-22(38-3)13-11-18)25(17(2)33-30(35)40-24)28(36)34-21-8-6-5-7-9-21/h5-16,26H,4H2,1-3H3,(H,34,36)/b24-15+/t26-/m0/s1. The van der Waals surface area contributed by atoms with Crippen LogP contribution in [0.3, 0.4) is 0 Å². The zero-order chi connectivity index (χ0) is 28.4. The van der Waals surface area contributed by atoms with Crippen molar-refractivity contribution in [3.05, 3.63) is 118 Å². The van der Waals surface area contributed by atoms with Crippen molar-refractivity contribution in [2.45, 2.75) is 19.9 Å². The third kappa shape index (κ3) is 5.56. The number of rotatable bonds is 7. The maximum Gasteiger partial charge on any atom is 0.271 e. The second-order valence-corrected chi connectivity index (χ2v) is 11.7. The average molecular weight is 683 g/mol. The van der Waals surface area contributed by atoms with Crippen LogP contribution in [0.4, 0.5) is 5.69 Å². The van der Waals surface area contributed by atoms with E-state index in [0.717, 1.165) is 20.1 Å². The fourth-order valence-electron chi connectivity index (χ4n) is 4.56. The van der Waals surface area contributed by atoms with Gasteiger partial charge in [0, 0.05) is 15.7 Å². The predicted octanol–water partition coefficient (Wildman–Crippen LogP) is 5.81. The van der Waals surface area contributed by atoms with Gasteiger partial charge in [-0.15, -0.1) is 0 Å². The number of ether oxygens (including phenoxy) is 2. The third-order valence-electron chi connectivity index (χ3n) is 6.34. The Morgan fingerprint density at radius 3 is 2.52 bits per heavy atom. The molecule has 1 aromatic heterocycles. The van der Waals surface area contributed by atoms with E-state index in [9.17, 15) is 9.59 Å². The number of aromatic nitrogens is 1. The number of fused-ring (bicyclic) bond motifs is 1. The number of hydrogen-bond donors (Lipinski definition) is 1. The molecule has 1 N–H and O–H groups in total. The number of carbonyl (C=O) groups is 1. The molecule has 2 heterocycles. The lowest BCUT2D eigenvalue weighted by atomic mass is 9.95. The average Bonchev–Trinajstić information content (AvgIpc) is 3.24. The fourth-order valence-corrected chi connectivity index (χ4v) is 6.97. The minimum absolute atomic E-state index is 0.249. The fraction of sp³-hybridized carbons (Fsp3) is 0.167. The van der Waals surface area contributed by atoms with Crippen molar-refractivity contribution in [3.63, 3.8) is 0 Å². The lowest BCUT2D eigenvalue weighted by molar-refractivity contribution is -0.113. The molecule has 1 atom stereocenters. The summed E-state index contributed by atoms with van der Waals surface area (Å²) in [4.78, 5) is 33.0. The maximum absolute atomic E-state index is 14.0. The number of para-hydroxylation sites is 1. The van der Waals surface area contributed by atoms with Gasteiger partial charge in [0.25, 0.3) is 11.5 Å². The van der Waals surface area contributed by atoms with E-state index in [-0.39, 0.29) is 11.5 Å². The summed E-state index contributed by atoms with van der Waals surface area (Å²) < 4.78 is 14.9. The molecule has 4 aromatic rings. The van der Waals surface area contributed by atoms with Crippen LogP contribution in [-0.2, 0) is 4.79 Å². The molecule has 204 valence electrons. The van der Waals surface area contributed by atoms with Crippen LogP contribution in [0.2, 0.25) is 0 Å². The van der Waals surface area contributed by atoms with Gasteiger partial charge in [0.05, 0.1) is 40.0 Å². The molecule has 1 aliphatic heterocycles. The molecular formula is C30H25Br2N3O4S. The highest BCUT2D eigenvalue weighted by molar-refractivity contribution is 9.11. The predicted molar refractivity (Wildman–Crippen MR) is 165 cm³/mol. The van der Waals surface area contributed by atoms with Crippen LogP contribution in [0, 0.1) is 0 Å². The second kappa shape index (κ2) is 12.0. The quantitative estimate of drug-likeness (QED) is 0.267. The molecule has 1 aliphatic rings. The van der Waals surface area contributed by atoms with Crippen molar-refractivity contribution in [1.82, 2.24) is 4.57 Å². The molecule has 0 radical (unpaired) electrons. The monoisotopic (exact) mass is 681 g/mol. The highest BCUT2D eigenvalue weighted by atomic mass is 79.9. The number of amides is 1. The van der Waals surface area contributed by atoms with Crippen LogP contribution < -0.4 is 29.7 Å². The van der Waals surface area contributed by atoms with Crippen molar-refractivity contribution in [3.8, 4) is 11.5 Å². The molecule has 7 nitrogen and oxygen atoms in total. The zero-order valence-electron chi connectivity index (χ0n) is 21.9. The molecule has 0 bridgehead atoms. The summed E-state index contributed by atoms with van der Waals surface area (Å²) in [5.41, 5.74) is 2.85. The van der Waals surface area contributed by atoms with Crippen LogP contribution in [0.5, 0.6) is 11.5 Å². The van der Waals surface area contributed by atoms with Crippen LogP contribution >= 0.6 is 43.2 Å². The first-order valence-corrected chi connectivity index (χ1v) is 14.9. The smallest absolute Gasteiger partial charge is 0.271 e. The van der Waals surface area contributed by atoms with Gasteiger partial charge >= 0.3 is 0 Å². The minimum Gasteiger partial charge on any atom is -0.497 e. The largest absolute Gasteiger partial charge is 0.497 e. The van der Waals surface area contributed by atoms with E-state index < -0.39 is 6.04 Å². The van der Waals surface area contributed by atoms with Crippen molar-refractivity contribution < 1.29 is 14.3 Å². The first-order chi connectivity index (χ1) is 19.3. The number of nitrogens with one attached hydrogen (secondary N) is 1. The Kier molecular flexibility index (Phi) is 8.39. The van der Waals surface area contributed by atoms with Gasteiger partial charge in [-0.05, 0) is 77.8 Å². The summed E-state index contributed by atoms with van der Waals surface area (Å²) in [5, 5.41) is 2.97. The number of carbonyl (C=O) groups excluding carboxylic acids is 1. The Morgan fingerprint density at radius 2 is 1.85 bits per heavy atom. The van der Waals surface area contributed by atoms with E-state index in [1.807, 2.05) is 73.7 Å². The highest BCUT2D eigenvalue weighted by Crippen LogP contribution is 2.34. The molecule has 0 fully saturated rings. The summed E-state index contributed by atoms with van der Waals surface area (Å²) in [7, 11) is 1.59. The molecule has 1 amide bonds. The first-order valence-electron chi connectivity index (χ1n) is 12.5. The van der Waals surface area contributed by atoms with Crippen molar-refractivity contribution in [1.29, 1.82) is 0 Å². The molecule has 40 heavy (non-hydrogen) atoms. The number of benzene rings is 3. The number of nitrogens with zero attached hydrogens (tertiary/aromatic N) is 2. The number of hydrogen-bond acceptors (Lipinski definition) is 6. The molecule has 0 spiro atoms. The number of anilines is 1. The SMILES string of the molecule is CCOc1c(Br)cc(Br)cc1/C=c1/sc2n(c1=O)[C@@H](c1ccc(OC)cc1)C(C(=O)Nc1ccccc1)=C(C)N=2. The lowest BCUT2D eigenvalue weighted by Gasteiger charge is -2.25. The van der Waals surface area contributed by atoms with Gasteiger partial charge in [-0.25, -0.2) is 4.99 Å². The number of halogens is 2. The molecule has 3 aromatic carbocycles. The van der Waals surface area contributed by atoms with Crippen LogP contribution in [0.15, 0.2) is 96.7 Å². The molecule has 0 saturated carbocycles. The summed E-state index contributed by atoms with van der Waals surface area (Å²) in [6, 6.07) is 19.7. The summed E-state index contributed by atoms with van der Waals surface area (Å²) in [6.45, 7) is 4.18. The second-order valence-electron chi connectivity index (χ2n) is 8.91. The highest BCUT2D eigenvalue weighted by Gasteiger charge is 2.32. The summed E-state index contributed by atoms with van der Waals surface area (Å²) in [6.07, 6.45) is 1.80. The van der Waals surface area contributed by atoms with Gasteiger partial charge in [-0.1, -0.05) is 57.6 Å². The van der Waals surface area contributed by atoms with Crippen LogP contribution in [-0.4, -0.2) is 24.2 Å². The Bertz CT molecular complexity index is 1800. The molecule has 0 unspecified atom stereocenters. The topological polar surface area (TPSA) is 81.9 Å². The van der Waals surface area contributed by atoms with Gasteiger partial charge < -0.3 is 14.8 Å². The van der Waals surface area contributed by atoms with E-state index in [1.165, 1.54) is 11.3 Å². The first kappa shape index (κ1) is 28.1. The molecule has 0 saturated heterocycles. The van der Waals surface area contributed by atoms with E-state index in [1.54, 1.807) is 24.7 Å². The van der Waals surface area contributed by atoms with Crippen LogP contribution in [0.1, 0.15) is 31.0 Å². The van der Waals surface area contributed by atoms with Gasteiger partial charge in [0.15, 0.2) is 4.80 Å². The lowest BCUT2D eigenvalue weighted by Crippen LogP contribution is -2.40. The molecular weight excluding hydrogens is 658 g/mol. The van der Waals surface area contributed by atoms with E-state index in [2.05, 4.69) is 37.2 Å². The maximum atomic E-state index is 14.0. The normalized spacial score (nSPS) is 14.9. The van der Waals surface area contributed by atoms with E-state index >= 15 is 0 Å². The summed E-state index contributed by atoms with van der Waals surface area (Å²) in [5.74, 6) is 0.996. The number of thiazole rings is 1. The number of allylic oxidation sites excluding steroid dienone is 1. The Hall–Kier alpha value is -3.47. The molecule has 10 heteroatoms. The molecule has 0 aliphatic carbocycles. The molecule has 5 rings (SSSR count). The van der Waals surface area contributed by atoms with Crippen molar-refractivity contribution in [2.75, 3.05) is 19.0 Å². The Labute approximate surface area is 251 Å². The number of methoxy groups -OCH3 is 1. The Morgan fingerprint density at radius 1 is 1.12 bits per heavy atom. The Balaban J connectivity index is 1.69. The van der Waals surface area contributed by atoms with Crippen molar-refractivity contribution in [2.24, 2.45) is 4.99 Å². The van der Waals surface area contributed by atoms with Gasteiger partial charge in [-0.2, -0.15) is 0 Å². The van der Waals surface area contributed by atoms with Gasteiger partial charge in [0.2, 0.25) is 0 Å². The van der Waals surface area contributed by atoms with Gasteiger partial charge in [-0.3, -0.25) is 14.2 Å². The van der Waals surface area contributed by atoms with Gasteiger partial charge in [0.1, 0.15) is 11.5 Å². The zero-order valence-corrected chi connectivity index (χ0v) is 25.9. The van der Waals surface area contributed by atoms with E-state index in [0.29, 0.717) is 44.4 Å². The van der Waals surface area contributed by atoms with E-state index in [4.69, 9.17) is 14.5 Å². The van der Waals surface area contributed by atoms with Crippen molar-refractivity contribution >= 4 is 60.9 Å².